The van der Waals surface area contributed by atoms with Gasteiger partial charge >= 0.3 is 0 Å². The first-order valence-electron chi connectivity index (χ1n) is 30.8. The molecule has 0 spiro atoms. The largest absolute Gasteiger partial charge is 0.309 e. The van der Waals surface area contributed by atoms with E-state index in [0.29, 0.717) is 0 Å². The van der Waals surface area contributed by atoms with Crippen molar-refractivity contribution in [1.29, 1.82) is 0 Å². The number of aromatic nitrogens is 4. The Morgan fingerprint density at radius 2 is 0.511 bits per heavy atom. The lowest BCUT2D eigenvalue weighted by atomic mass is 9.98. The van der Waals surface area contributed by atoms with Crippen LogP contribution >= 0.6 is 22.7 Å². The first kappa shape index (κ1) is 49.8. The summed E-state index contributed by atoms with van der Waals surface area (Å²) in [6.45, 7) is 0. The molecular formula is C84H50N4S2. The molecule has 0 atom stereocenters. The van der Waals surface area contributed by atoms with Gasteiger partial charge in [0.1, 0.15) is 0 Å². The predicted octanol–water partition coefficient (Wildman–Crippen LogP) is 23.8. The molecule has 0 aliphatic rings. The molecule has 418 valence electrons. The quantitative estimate of drug-likeness (QED) is 0.152. The molecule has 6 heterocycles. The number of fused-ring (bicyclic) bond motifs is 20. The molecule has 0 saturated carbocycles. The third-order valence-corrected chi connectivity index (χ3v) is 21.4. The topological polar surface area (TPSA) is 19.7 Å². The van der Waals surface area contributed by atoms with Gasteiger partial charge in [0.25, 0.3) is 0 Å². The van der Waals surface area contributed by atoms with E-state index in [-0.39, 0.29) is 0 Å². The molecule has 0 N–H and O–H groups in total. The number of hydrogen-bond acceptors (Lipinski definition) is 2. The first-order valence-corrected chi connectivity index (χ1v) is 32.4. The molecule has 0 radical (unpaired) electrons. The molecule has 6 aromatic heterocycles. The predicted molar refractivity (Wildman–Crippen MR) is 386 cm³/mol. The summed E-state index contributed by atoms with van der Waals surface area (Å²) in [5, 5.41) is 15.2. The Bertz CT molecular complexity index is 6400. The van der Waals surface area contributed by atoms with Gasteiger partial charge in [0.05, 0.1) is 44.1 Å². The molecule has 0 amide bonds. The fourth-order valence-electron chi connectivity index (χ4n) is 15.2. The third kappa shape index (κ3) is 7.23. The molecule has 0 aliphatic carbocycles. The Kier molecular flexibility index (Phi) is 10.6. The average Bonchev–Trinajstić information content (AvgIpc) is 1.56. The number of rotatable bonds is 7. The molecule has 0 bridgehead atoms. The number of nitrogens with zero attached hydrogens (tertiary/aromatic N) is 4. The summed E-state index contributed by atoms with van der Waals surface area (Å²) < 4.78 is 15.1. The van der Waals surface area contributed by atoms with E-state index in [1.807, 2.05) is 22.7 Å². The van der Waals surface area contributed by atoms with Gasteiger partial charge in [-0.1, -0.05) is 182 Å². The summed E-state index contributed by atoms with van der Waals surface area (Å²) in [5.41, 5.74) is 21.2. The second kappa shape index (κ2) is 19.1. The highest BCUT2D eigenvalue weighted by atomic mass is 32.1. The van der Waals surface area contributed by atoms with Crippen molar-refractivity contribution >= 4 is 150 Å². The summed E-state index contributed by atoms with van der Waals surface area (Å²) in [7, 11) is 0. The molecule has 0 fully saturated rings. The second-order valence-electron chi connectivity index (χ2n) is 23.9. The van der Waals surface area contributed by atoms with Gasteiger partial charge < -0.3 is 18.3 Å². The second-order valence-corrected chi connectivity index (χ2v) is 26.1. The molecule has 20 aromatic rings. The number of para-hydroxylation sites is 3. The number of hydrogen-bond donors (Lipinski definition) is 0. The van der Waals surface area contributed by atoms with Crippen LogP contribution in [0.2, 0.25) is 0 Å². The summed E-state index contributed by atoms with van der Waals surface area (Å²) >= 11 is 3.74. The van der Waals surface area contributed by atoms with E-state index >= 15 is 0 Å². The maximum absolute atomic E-state index is 2.49. The Morgan fingerprint density at radius 3 is 1.06 bits per heavy atom. The molecule has 0 saturated heterocycles. The van der Waals surface area contributed by atoms with Crippen molar-refractivity contribution in [2.24, 2.45) is 0 Å². The number of thiophene rings is 2. The zero-order valence-corrected chi connectivity index (χ0v) is 50.1. The minimum atomic E-state index is 1.13. The van der Waals surface area contributed by atoms with Crippen LogP contribution in [-0.4, -0.2) is 18.3 Å². The van der Waals surface area contributed by atoms with Crippen molar-refractivity contribution in [2.45, 2.75) is 0 Å². The van der Waals surface area contributed by atoms with Crippen LogP contribution in [0.3, 0.4) is 0 Å². The van der Waals surface area contributed by atoms with E-state index in [2.05, 4.69) is 322 Å². The average molecular weight is 1180 g/mol. The van der Waals surface area contributed by atoms with Crippen molar-refractivity contribution in [3.63, 3.8) is 0 Å². The fraction of sp³-hybridized carbons (Fsp3) is 0. The highest BCUT2D eigenvalue weighted by molar-refractivity contribution is 7.26. The zero-order valence-electron chi connectivity index (χ0n) is 48.5. The summed E-state index contributed by atoms with van der Waals surface area (Å²) in [6, 6.07) is 113. The van der Waals surface area contributed by atoms with Crippen LogP contribution in [0.5, 0.6) is 0 Å². The molecule has 6 heteroatoms. The maximum atomic E-state index is 2.49. The van der Waals surface area contributed by atoms with Gasteiger partial charge in [-0.15, -0.1) is 22.7 Å². The van der Waals surface area contributed by atoms with Crippen molar-refractivity contribution < 1.29 is 0 Å². The van der Waals surface area contributed by atoms with E-state index < -0.39 is 0 Å². The smallest absolute Gasteiger partial charge is 0.0548 e. The van der Waals surface area contributed by atoms with Gasteiger partial charge in [0.15, 0.2) is 0 Å². The van der Waals surface area contributed by atoms with Crippen molar-refractivity contribution in [3.05, 3.63) is 303 Å². The highest BCUT2D eigenvalue weighted by Gasteiger charge is 2.24. The fourth-order valence-corrected chi connectivity index (χ4v) is 17.4. The van der Waals surface area contributed by atoms with Gasteiger partial charge in [0.2, 0.25) is 0 Å². The minimum Gasteiger partial charge on any atom is -0.309 e. The van der Waals surface area contributed by atoms with Crippen molar-refractivity contribution in [2.75, 3.05) is 0 Å². The molecular weight excluding hydrogens is 1130 g/mol. The van der Waals surface area contributed by atoms with Gasteiger partial charge in [-0.25, -0.2) is 0 Å². The molecule has 14 aromatic carbocycles. The van der Waals surface area contributed by atoms with Crippen molar-refractivity contribution in [3.8, 4) is 56.1 Å². The molecule has 4 nitrogen and oxygen atoms in total. The van der Waals surface area contributed by atoms with Crippen LogP contribution in [0.25, 0.3) is 184 Å². The molecule has 0 aliphatic heterocycles. The van der Waals surface area contributed by atoms with Crippen LogP contribution in [0, 0.1) is 0 Å². The Labute approximate surface area is 524 Å². The van der Waals surface area contributed by atoms with Crippen molar-refractivity contribution in [1.82, 2.24) is 18.3 Å². The Hall–Kier alpha value is -11.3. The van der Waals surface area contributed by atoms with Crippen LogP contribution in [0.15, 0.2) is 303 Å². The minimum absolute atomic E-state index is 1.13. The molecule has 20 rings (SSSR count). The first-order chi connectivity index (χ1) is 44.6. The monoisotopic (exact) mass is 1180 g/mol. The van der Waals surface area contributed by atoms with Gasteiger partial charge in [-0.2, -0.15) is 0 Å². The standard InChI is InChI=1S/C84H50N4S2/c1-2-16-51(17-3-1)54-18-14-21-58(46-54)86-72-40-36-56(48-68(72)84-76(86)44-43-75-83(84)66-26-6-11-29-71(66)88(75)60-37-39-63-61-22-7-12-30-77(61)90-80(63)50-60)53-34-32-52(33-35-53)55-19-15-20-57(47-55)85-69-27-9-4-24-64(69)81-73(85)41-42-74-82(81)65-25-5-10-28-70(65)87(74)59-38-45-79-67(49-59)62-23-8-13-31-78(62)89-79/h1-50H. The van der Waals surface area contributed by atoms with E-state index in [9.17, 15) is 0 Å². The van der Waals surface area contributed by atoms with Crippen LogP contribution in [-0.2, 0) is 0 Å². The molecule has 90 heavy (non-hydrogen) atoms. The Morgan fingerprint density at radius 1 is 0.167 bits per heavy atom. The van der Waals surface area contributed by atoms with Crippen LogP contribution in [0.1, 0.15) is 0 Å². The summed E-state index contributed by atoms with van der Waals surface area (Å²) in [5.74, 6) is 0. The Balaban J connectivity index is 0.723. The van der Waals surface area contributed by atoms with E-state index in [1.54, 1.807) is 0 Å². The van der Waals surface area contributed by atoms with E-state index in [4.69, 9.17) is 0 Å². The number of benzene rings is 14. The van der Waals surface area contributed by atoms with Gasteiger partial charge in [-0.05, 0) is 155 Å². The SMILES string of the molecule is c1ccc(-c2cccc(-n3c4ccc(-c5ccc(-c6cccc(-n7c8ccccc8c8c9c%10ccccc%10n(-c%10ccc%11sc%12ccccc%12c%11c%10)c9ccc87)c6)cc5)cc4c4c5c6ccccc6n(-c6ccc7c(c6)sc6ccccc67)c5ccc43)c2)cc1. The van der Waals surface area contributed by atoms with E-state index in [1.165, 1.54) is 172 Å². The van der Waals surface area contributed by atoms with E-state index in [0.717, 1.165) is 11.4 Å². The summed E-state index contributed by atoms with van der Waals surface area (Å²) in [4.78, 5) is 0. The van der Waals surface area contributed by atoms with Gasteiger partial charge in [-0.3, -0.25) is 0 Å². The maximum Gasteiger partial charge on any atom is 0.0548 e. The zero-order chi connectivity index (χ0) is 58.7. The summed E-state index contributed by atoms with van der Waals surface area (Å²) in [6.07, 6.45) is 0. The lowest BCUT2D eigenvalue weighted by Crippen LogP contribution is -1.95. The lowest BCUT2D eigenvalue weighted by molar-refractivity contribution is 1.17. The third-order valence-electron chi connectivity index (χ3n) is 19.1. The van der Waals surface area contributed by atoms with Gasteiger partial charge in [0, 0.05) is 106 Å². The lowest BCUT2D eigenvalue weighted by Gasteiger charge is -2.12. The van der Waals surface area contributed by atoms with Crippen LogP contribution < -0.4 is 0 Å². The molecule has 0 unspecified atom stereocenters. The normalized spacial score (nSPS) is 12.2. The highest BCUT2D eigenvalue weighted by Crippen LogP contribution is 2.47. The van der Waals surface area contributed by atoms with Crippen LogP contribution in [0.4, 0.5) is 0 Å².